The Morgan fingerprint density at radius 1 is 1.31 bits per heavy atom. The summed E-state index contributed by atoms with van der Waals surface area (Å²) in [7, 11) is 0. The van der Waals surface area contributed by atoms with Crippen LogP contribution in [-0.2, 0) is 0 Å². The summed E-state index contributed by atoms with van der Waals surface area (Å²) in [5, 5.41) is 0. The van der Waals surface area contributed by atoms with Gasteiger partial charge in [0.1, 0.15) is 5.56 Å². The van der Waals surface area contributed by atoms with E-state index >= 15 is 0 Å². The van der Waals surface area contributed by atoms with Crippen LogP contribution < -0.4 is 5.43 Å². The Hall–Kier alpha value is -1.58. The van der Waals surface area contributed by atoms with Gasteiger partial charge in [-0.1, -0.05) is 0 Å². The van der Waals surface area contributed by atoms with Crippen LogP contribution >= 0.6 is 0 Å². The molecule has 0 radical (unpaired) electrons. The Bertz CT molecular complexity index is 445. The molecule has 16 heavy (non-hydrogen) atoms. The number of H-pyrrole nitrogens is 1. The van der Waals surface area contributed by atoms with Crippen LogP contribution in [0.4, 0.5) is 0 Å². The molecule has 1 aromatic rings. The Morgan fingerprint density at radius 3 is 2.62 bits per heavy atom. The molecule has 1 fully saturated rings. The van der Waals surface area contributed by atoms with Gasteiger partial charge >= 0.3 is 0 Å². The number of hydrogen-bond acceptors (Lipinski definition) is 2. The van der Waals surface area contributed by atoms with Gasteiger partial charge in [-0.05, 0) is 26.2 Å². The summed E-state index contributed by atoms with van der Waals surface area (Å²) in [5.74, 6) is -0.138. The average molecular weight is 220 g/mol. The van der Waals surface area contributed by atoms with E-state index in [9.17, 15) is 9.59 Å². The molecular weight excluding hydrogens is 204 g/mol. The SMILES string of the molecule is Cc1cc(=O)c(C(=O)N2CCCCC2)c[nH]1. The topological polar surface area (TPSA) is 53.2 Å². The van der Waals surface area contributed by atoms with Gasteiger partial charge in [-0.2, -0.15) is 0 Å². The van der Waals surface area contributed by atoms with Gasteiger partial charge in [-0.3, -0.25) is 9.59 Å². The first-order valence-corrected chi connectivity index (χ1v) is 5.67. The molecule has 4 heteroatoms. The molecule has 1 saturated heterocycles. The number of amides is 1. The number of carbonyl (C=O) groups excluding carboxylic acids is 1. The summed E-state index contributed by atoms with van der Waals surface area (Å²) >= 11 is 0. The summed E-state index contributed by atoms with van der Waals surface area (Å²) in [4.78, 5) is 28.4. The van der Waals surface area contributed by atoms with Gasteiger partial charge in [0, 0.05) is 31.0 Å². The lowest BCUT2D eigenvalue weighted by Gasteiger charge is -2.26. The maximum Gasteiger partial charge on any atom is 0.259 e. The van der Waals surface area contributed by atoms with E-state index in [1.54, 1.807) is 11.8 Å². The zero-order valence-corrected chi connectivity index (χ0v) is 9.45. The third-order valence-electron chi connectivity index (χ3n) is 2.93. The zero-order chi connectivity index (χ0) is 11.5. The summed E-state index contributed by atoms with van der Waals surface area (Å²) in [6, 6.07) is 1.47. The third kappa shape index (κ3) is 2.15. The van der Waals surface area contributed by atoms with Gasteiger partial charge in [0.2, 0.25) is 0 Å². The van der Waals surface area contributed by atoms with Crippen molar-refractivity contribution >= 4 is 5.91 Å². The minimum Gasteiger partial charge on any atom is -0.364 e. The second-order valence-electron chi connectivity index (χ2n) is 4.25. The number of likely N-dealkylation sites (tertiary alicyclic amines) is 1. The van der Waals surface area contributed by atoms with Gasteiger partial charge in [-0.25, -0.2) is 0 Å². The number of aryl methyl sites for hydroxylation is 1. The molecule has 2 rings (SSSR count). The second-order valence-corrected chi connectivity index (χ2v) is 4.25. The molecule has 1 aliphatic rings. The highest BCUT2D eigenvalue weighted by molar-refractivity contribution is 5.93. The summed E-state index contributed by atoms with van der Waals surface area (Å²) in [6.07, 6.45) is 4.77. The van der Waals surface area contributed by atoms with Crippen LogP contribution in [0.2, 0.25) is 0 Å². The van der Waals surface area contributed by atoms with Gasteiger partial charge in [-0.15, -0.1) is 0 Å². The Balaban J connectivity index is 2.23. The van der Waals surface area contributed by atoms with Crippen molar-refractivity contribution in [2.75, 3.05) is 13.1 Å². The highest BCUT2D eigenvalue weighted by Gasteiger charge is 2.20. The molecule has 1 amide bonds. The largest absolute Gasteiger partial charge is 0.364 e. The smallest absolute Gasteiger partial charge is 0.259 e. The molecule has 1 aromatic heterocycles. The average Bonchev–Trinajstić information content (AvgIpc) is 2.29. The molecular formula is C12H16N2O2. The number of piperidine rings is 1. The lowest BCUT2D eigenvalue weighted by Crippen LogP contribution is -2.38. The van der Waals surface area contributed by atoms with E-state index in [2.05, 4.69) is 4.98 Å². The van der Waals surface area contributed by atoms with Crippen molar-refractivity contribution in [1.82, 2.24) is 9.88 Å². The standard InChI is InChI=1S/C12H16N2O2/c1-9-7-11(15)10(8-13-9)12(16)14-5-3-2-4-6-14/h7-8H,2-6H2,1H3,(H,13,15). The fourth-order valence-corrected chi connectivity index (χ4v) is 2.01. The molecule has 4 nitrogen and oxygen atoms in total. The van der Waals surface area contributed by atoms with Crippen molar-refractivity contribution in [2.45, 2.75) is 26.2 Å². The Morgan fingerprint density at radius 2 is 2.00 bits per heavy atom. The number of aromatic nitrogens is 1. The molecule has 0 bridgehead atoms. The van der Waals surface area contributed by atoms with E-state index in [0.717, 1.165) is 31.6 Å². The molecule has 0 aliphatic carbocycles. The molecule has 0 saturated carbocycles. The molecule has 1 aliphatic heterocycles. The number of pyridine rings is 1. The van der Waals surface area contributed by atoms with Crippen molar-refractivity contribution in [3.05, 3.63) is 33.7 Å². The summed E-state index contributed by atoms with van der Waals surface area (Å²) in [5.41, 5.74) is 0.847. The van der Waals surface area contributed by atoms with Crippen LogP contribution in [0.3, 0.4) is 0 Å². The van der Waals surface area contributed by atoms with Crippen LogP contribution in [0.25, 0.3) is 0 Å². The molecule has 2 heterocycles. The number of nitrogens with zero attached hydrogens (tertiary/aromatic N) is 1. The fraction of sp³-hybridized carbons (Fsp3) is 0.500. The van der Waals surface area contributed by atoms with Gasteiger partial charge in [0.05, 0.1) is 0 Å². The van der Waals surface area contributed by atoms with E-state index in [1.807, 2.05) is 0 Å². The first-order chi connectivity index (χ1) is 7.68. The number of rotatable bonds is 1. The number of nitrogens with one attached hydrogen (secondary N) is 1. The zero-order valence-electron chi connectivity index (χ0n) is 9.45. The summed E-state index contributed by atoms with van der Waals surface area (Å²) < 4.78 is 0. The van der Waals surface area contributed by atoms with Crippen LogP contribution in [0, 0.1) is 6.92 Å². The van der Waals surface area contributed by atoms with Crippen molar-refractivity contribution in [2.24, 2.45) is 0 Å². The van der Waals surface area contributed by atoms with E-state index in [-0.39, 0.29) is 16.9 Å². The fourth-order valence-electron chi connectivity index (χ4n) is 2.01. The first-order valence-electron chi connectivity index (χ1n) is 5.67. The quantitative estimate of drug-likeness (QED) is 0.775. The van der Waals surface area contributed by atoms with Crippen molar-refractivity contribution in [3.8, 4) is 0 Å². The normalized spacial score (nSPS) is 16.2. The molecule has 1 N–H and O–H groups in total. The van der Waals surface area contributed by atoms with Crippen molar-refractivity contribution < 1.29 is 4.79 Å². The van der Waals surface area contributed by atoms with E-state index < -0.39 is 0 Å². The number of hydrogen-bond donors (Lipinski definition) is 1. The predicted molar refractivity (Wildman–Crippen MR) is 61.6 cm³/mol. The van der Waals surface area contributed by atoms with Crippen molar-refractivity contribution in [3.63, 3.8) is 0 Å². The minimum absolute atomic E-state index is 0.138. The van der Waals surface area contributed by atoms with Crippen LogP contribution in [-0.4, -0.2) is 28.9 Å². The van der Waals surface area contributed by atoms with Gasteiger partial charge in [0.15, 0.2) is 5.43 Å². The van der Waals surface area contributed by atoms with Crippen LogP contribution in [0.15, 0.2) is 17.1 Å². The first kappa shape index (κ1) is 10.9. The lowest BCUT2D eigenvalue weighted by atomic mass is 10.1. The maximum atomic E-state index is 12.0. The van der Waals surface area contributed by atoms with E-state index in [1.165, 1.54) is 18.7 Å². The monoisotopic (exact) mass is 220 g/mol. The minimum atomic E-state index is -0.188. The molecule has 0 unspecified atom stereocenters. The number of carbonyl (C=O) groups is 1. The van der Waals surface area contributed by atoms with Crippen molar-refractivity contribution in [1.29, 1.82) is 0 Å². The highest BCUT2D eigenvalue weighted by atomic mass is 16.2. The van der Waals surface area contributed by atoms with Gasteiger partial charge < -0.3 is 9.88 Å². The highest BCUT2D eigenvalue weighted by Crippen LogP contribution is 2.11. The molecule has 0 spiro atoms. The molecule has 86 valence electrons. The Kier molecular flexibility index (Phi) is 3.08. The predicted octanol–water partition coefficient (Wildman–Crippen LogP) is 1.31. The molecule has 0 aromatic carbocycles. The third-order valence-corrected chi connectivity index (χ3v) is 2.93. The maximum absolute atomic E-state index is 12.0. The second kappa shape index (κ2) is 4.51. The lowest BCUT2D eigenvalue weighted by molar-refractivity contribution is 0.0722. The summed E-state index contributed by atoms with van der Waals surface area (Å²) in [6.45, 7) is 3.34. The van der Waals surface area contributed by atoms with Crippen LogP contribution in [0.1, 0.15) is 35.3 Å². The van der Waals surface area contributed by atoms with E-state index in [4.69, 9.17) is 0 Å². The Labute approximate surface area is 94.3 Å². The van der Waals surface area contributed by atoms with E-state index in [0.29, 0.717) is 0 Å². The molecule has 0 atom stereocenters. The number of aromatic amines is 1. The van der Waals surface area contributed by atoms with Crippen LogP contribution in [0.5, 0.6) is 0 Å². The van der Waals surface area contributed by atoms with Gasteiger partial charge in [0.25, 0.3) is 5.91 Å².